The SMILES string of the molecule is CCn1cccc1C(=O)N[C@H]1CCNC1. The summed E-state index contributed by atoms with van der Waals surface area (Å²) >= 11 is 0. The van der Waals surface area contributed by atoms with Crippen molar-refractivity contribution in [2.45, 2.75) is 25.9 Å². The Morgan fingerprint density at radius 2 is 2.60 bits per heavy atom. The molecule has 2 N–H and O–H groups in total. The third kappa shape index (κ3) is 2.21. The molecule has 1 atom stereocenters. The second kappa shape index (κ2) is 4.49. The molecular weight excluding hydrogens is 190 g/mol. The fourth-order valence-corrected chi connectivity index (χ4v) is 1.93. The Balaban J connectivity index is 2.00. The number of hydrogen-bond donors (Lipinski definition) is 2. The maximum atomic E-state index is 11.9. The van der Waals surface area contributed by atoms with E-state index in [0.717, 1.165) is 31.7 Å². The standard InChI is InChI=1S/C11H17N3O/c1-2-14-7-3-4-10(14)11(15)13-9-5-6-12-8-9/h3-4,7,9,12H,2,5-6,8H2,1H3,(H,13,15)/t9-/m0/s1. The molecule has 0 bridgehead atoms. The van der Waals surface area contributed by atoms with Crippen LogP contribution in [0.15, 0.2) is 18.3 Å². The highest BCUT2D eigenvalue weighted by Crippen LogP contribution is 2.04. The van der Waals surface area contributed by atoms with Crippen LogP contribution < -0.4 is 10.6 Å². The number of carbonyl (C=O) groups is 1. The monoisotopic (exact) mass is 207 g/mol. The van der Waals surface area contributed by atoms with E-state index in [-0.39, 0.29) is 11.9 Å². The van der Waals surface area contributed by atoms with Gasteiger partial charge in [-0.25, -0.2) is 0 Å². The Bertz CT molecular complexity index is 339. The van der Waals surface area contributed by atoms with Crippen molar-refractivity contribution in [2.75, 3.05) is 13.1 Å². The number of hydrogen-bond acceptors (Lipinski definition) is 2. The lowest BCUT2D eigenvalue weighted by atomic mass is 10.2. The molecule has 1 saturated heterocycles. The molecule has 15 heavy (non-hydrogen) atoms. The van der Waals surface area contributed by atoms with Crippen LogP contribution in [0.1, 0.15) is 23.8 Å². The van der Waals surface area contributed by atoms with Gasteiger partial charge in [0.2, 0.25) is 0 Å². The first kappa shape index (κ1) is 10.2. The van der Waals surface area contributed by atoms with E-state index in [1.807, 2.05) is 29.8 Å². The smallest absolute Gasteiger partial charge is 0.268 e. The molecule has 4 nitrogen and oxygen atoms in total. The van der Waals surface area contributed by atoms with Gasteiger partial charge in [0.05, 0.1) is 0 Å². The van der Waals surface area contributed by atoms with Gasteiger partial charge in [-0.15, -0.1) is 0 Å². The van der Waals surface area contributed by atoms with Crippen LogP contribution in [0.25, 0.3) is 0 Å². The minimum atomic E-state index is 0.0375. The normalized spacial score (nSPS) is 20.5. The Kier molecular flexibility index (Phi) is 3.06. The maximum absolute atomic E-state index is 11.9. The number of amides is 1. The fourth-order valence-electron chi connectivity index (χ4n) is 1.93. The summed E-state index contributed by atoms with van der Waals surface area (Å²) in [5, 5.41) is 6.26. The maximum Gasteiger partial charge on any atom is 0.268 e. The zero-order chi connectivity index (χ0) is 10.7. The third-order valence-electron chi connectivity index (χ3n) is 2.80. The Hall–Kier alpha value is -1.29. The molecule has 0 saturated carbocycles. The zero-order valence-corrected chi connectivity index (χ0v) is 8.99. The first-order chi connectivity index (χ1) is 7.31. The van der Waals surface area contributed by atoms with Gasteiger partial charge in [-0.1, -0.05) is 0 Å². The molecule has 0 aliphatic carbocycles. The van der Waals surface area contributed by atoms with Crippen LogP contribution in [-0.4, -0.2) is 29.6 Å². The Labute approximate surface area is 89.7 Å². The van der Waals surface area contributed by atoms with Crippen molar-refractivity contribution in [2.24, 2.45) is 0 Å². The summed E-state index contributed by atoms with van der Waals surface area (Å²) in [6, 6.07) is 4.06. The molecule has 1 aromatic rings. The Morgan fingerprint density at radius 1 is 1.73 bits per heavy atom. The van der Waals surface area contributed by atoms with Crippen LogP contribution in [-0.2, 0) is 6.54 Å². The number of aryl methyl sites for hydroxylation is 1. The summed E-state index contributed by atoms with van der Waals surface area (Å²) in [5.41, 5.74) is 0.754. The summed E-state index contributed by atoms with van der Waals surface area (Å²) in [4.78, 5) is 11.9. The van der Waals surface area contributed by atoms with Gasteiger partial charge in [0.25, 0.3) is 5.91 Å². The van der Waals surface area contributed by atoms with Crippen molar-refractivity contribution in [3.63, 3.8) is 0 Å². The lowest BCUT2D eigenvalue weighted by Crippen LogP contribution is -2.37. The van der Waals surface area contributed by atoms with E-state index in [0.29, 0.717) is 0 Å². The average Bonchev–Trinajstić information content (AvgIpc) is 2.86. The molecule has 1 fully saturated rings. The fraction of sp³-hybridized carbons (Fsp3) is 0.545. The molecule has 1 aliphatic rings. The number of nitrogens with zero attached hydrogens (tertiary/aromatic N) is 1. The van der Waals surface area contributed by atoms with E-state index in [9.17, 15) is 4.79 Å². The summed E-state index contributed by atoms with van der Waals surface area (Å²) in [6.45, 7) is 4.75. The van der Waals surface area contributed by atoms with Crippen molar-refractivity contribution in [1.29, 1.82) is 0 Å². The number of nitrogens with one attached hydrogen (secondary N) is 2. The van der Waals surface area contributed by atoms with Crippen molar-refractivity contribution >= 4 is 5.91 Å². The second-order valence-electron chi connectivity index (χ2n) is 3.84. The minimum absolute atomic E-state index is 0.0375. The lowest BCUT2D eigenvalue weighted by molar-refractivity contribution is 0.0931. The van der Waals surface area contributed by atoms with Crippen LogP contribution in [0, 0.1) is 0 Å². The third-order valence-corrected chi connectivity index (χ3v) is 2.80. The van der Waals surface area contributed by atoms with Crippen LogP contribution in [0.5, 0.6) is 0 Å². The zero-order valence-electron chi connectivity index (χ0n) is 8.99. The van der Waals surface area contributed by atoms with Crippen LogP contribution in [0.4, 0.5) is 0 Å². The van der Waals surface area contributed by atoms with Gasteiger partial charge in [0, 0.05) is 25.3 Å². The van der Waals surface area contributed by atoms with Gasteiger partial charge >= 0.3 is 0 Å². The first-order valence-corrected chi connectivity index (χ1v) is 5.48. The number of rotatable bonds is 3. The highest BCUT2D eigenvalue weighted by molar-refractivity contribution is 5.92. The van der Waals surface area contributed by atoms with E-state index in [4.69, 9.17) is 0 Å². The highest BCUT2D eigenvalue weighted by Gasteiger charge is 2.18. The summed E-state index contributed by atoms with van der Waals surface area (Å²) < 4.78 is 1.96. The van der Waals surface area contributed by atoms with Crippen LogP contribution in [0.2, 0.25) is 0 Å². The topological polar surface area (TPSA) is 46.1 Å². The molecule has 0 spiro atoms. The van der Waals surface area contributed by atoms with Gasteiger partial charge in [-0.05, 0) is 32.0 Å². The second-order valence-corrected chi connectivity index (χ2v) is 3.84. The average molecular weight is 207 g/mol. The molecule has 82 valence electrons. The van der Waals surface area contributed by atoms with Crippen molar-refractivity contribution < 1.29 is 4.79 Å². The van der Waals surface area contributed by atoms with Gasteiger partial charge in [0.15, 0.2) is 0 Å². The predicted molar refractivity (Wildman–Crippen MR) is 58.8 cm³/mol. The molecule has 0 aromatic carbocycles. The van der Waals surface area contributed by atoms with E-state index in [1.54, 1.807) is 0 Å². The first-order valence-electron chi connectivity index (χ1n) is 5.48. The summed E-state index contributed by atoms with van der Waals surface area (Å²) in [7, 11) is 0. The molecule has 4 heteroatoms. The van der Waals surface area contributed by atoms with Crippen molar-refractivity contribution in [3.8, 4) is 0 Å². The van der Waals surface area contributed by atoms with Gasteiger partial charge < -0.3 is 15.2 Å². The number of aromatic nitrogens is 1. The molecule has 1 amide bonds. The van der Waals surface area contributed by atoms with E-state index in [1.165, 1.54) is 0 Å². The van der Waals surface area contributed by atoms with Crippen molar-refractivity contribution in [1.82, 2.24) is 15.2 Å². The van der Waals surface area contributed by atoms with Crippen LogP contribution in [0.3, 0.4) is 0 Å². The molecule has 0 radical (unpaired) electrons. The largest absolute Gasteiger partial charge is 0.347 e. The molecule has 1 aliphatic heterocycles. The quantitative estimate of drug-likeness (QED) is 0.762. The van der Waals surface area contributed by atoms with Crippen molar-refractivity contribution in [3.05, 3.63) is 24.0 Å². The van der Waals surface area contributed by atoms with E-state index in [2.05, 4.69) is 10.6 Å². The number of carbonyl (C=O) groups excluding carboxylic acids is 1. The molecular formula is C11H17N3O. The summed E-state index contributed by atoms with van der Waals surface area (Å²) in [5.74, 6) is 0.0375. The molecule has 2 heterocycles. The summed E-state index contributed by atoms with van der Waals surface area (Å²) in [6.07, 6.45) is 2.96. The van der Waals surface area contributed by atoms with Crippen LogP contribution >= 0.6 is 0 Å². The Morgan fingerprint density at radius 3 is 3.27 bits per heavy atom. The molecule has 2 rings (SSSR count). The van der Waals surface area contributed by atoms with Gasteiger partial charge in [0.1, 0.15) is 5.69 Å². The van der Waals surface area contributed by atoms with Gasteiger partial charge in [-0.3, -0.25) is 4.79 Å². The molecule has 0 unspecified atom stereocenters. The lowest BCUT2D eigenvalue weighted by Gasteiger charge is -2.12. The van der Waals surface area contributed by atoms with Gasteiger partial charge in [-0.2, -0.15) is 0 Å². The highest BCUT2D eigenvalue weighted by atomic mass is 16.2. The molecule has 1 aromatic heterocycles. The van der Waals surface area contributed by atoms with E-state index >= 15 is 0 Å². The minimum Gasteiger partial charge on any atom is -0.347 e. The van der Waals surface area contributed by atoms with E-state index < -0.39 is 0 Å². The predicted octanol–water partition coefficient (Wildman–Crippen LogP) is 0.600.